The van der Waals surface area contributed by atoms with Crippen LogP contribution in [-0.2, 0) is 13.1 Å². The van der Waals surface area contributed by atoms with Gasteiger partial charge in [-0.25, -0.2) is 0 Å². The van der Waals surface area contributed by atoms with Crippen LogP contribution in [-0.4, -0.2) is 39.0 Å². The summed E-state index contributed by atoms with van der Waals surface area (Å²) in [6.45, 7) is 2.75. The molecule has 1 heterocycles. The van der Waals surface area contributed by atoms with Gasteiger partial charge in [-0.15, -0.1) is 0 Å². The van der Waals surface area contributed by atoms with Crippen LogP contribution in [0.4, 0.5) is 0 Å². The van der Waals surface area contributed by atoms with E-state index in [1.54, 1.807) is 0 Å². The lowest BCUT2D eigenvalue weighted by molar-refractivity contribution is 0.117. The van der Waals surface area contributed by atoms with Gasteiger partial charge < -0.3 is 5.11 Å². The molecule has 1 aliphatic rings. The third-order valence-electron chi connectivity index (χ3n) is 4.76. The van der Waals surface area contributed by atoms with Crippen LogP contribution in [0.5, 0.6) is 0 Å². The Hall–Kier alpha value is -1.65. The Kier molecular flexibility index (Phi) is 5.83. The minimum atomic E-state index is 0.240. The molecular formula is C19H27N3O. The van der Waals surface area contributed by atoms with Gasteiger partial charge in [0, 0.05) is 31.5 Å². The van der Waals surface area contributed by atoms with E-state index in [0.29, 0.717) is 6.04 Å². The van der Waals surface area contributed by atoms with E-state index in [1.807, 2.05) is 23.1 Å². The number of aliphatic hydroxyl groups is 1. The first-order chi connectivity index (χ1) is 11.3. The number of hydrogen-bond donors (Lipinski definition) is 1. The van der Waals surface area contributed by atoms with Crippen molar-refractivity contribution in [2.75, 3.05) is 13.2 Å². The van der Waals surface area contributed by atoms with E-state index in [4.69, 9.17) is 0 Å². The average Bonchev–Trinajstić information content (AvgIpc) is 3.09. The number of rotatable bonds is 7. The predicted octanol–water partition coefficient (Wildman–Crippen LogP) is 3.06. The molecule has 0 bridgehead atoms. The molecule has 0 saturated heterocycles. The molecule has 0 spiro atoms. The number of hydrogen-bond acceptors (Lipinski definition) is 3. The molecule has 23 heavy (non-hydrogen) atoms. The summed E-state index contributed by atoms with van der Waals surface area (Å²) in [4.78, 5) is 2.46. The summed E-state index contributed by atoms with van der Waals surface area (Å²) in [6.07, 6.45) is 10.4. The summed E-state index contributed by atoms with van der Waals surface area (Å²) in [5.74, 6) is 0. The largest absolute Gasteiger partial charge is 0.395 e. The molecule has 2 aromatic rings. The second kappa shape index (κ2) is 8.27. The second-order valence-electron chi connectivity index (χ2n) is 6.51. The molecule has 124 valence electrons. The van der Waals surface area contributed by atoms with Crippen molar-refractivity contribution in [3.63, 3.8) is 0 Å². The van der Waals surface area contributed by atoms with Crippen molar-refractivity contribution in [3.05, 3.63) is 53.9 Å². The first kappa shape index (κ1) is 16.2. The van der Waals surface area contributed by atoms with E-state index < -0.39 is 0 Å². The fourth-order valence-corrected chi connectivity index (χ4v) is 3.61. The number of nitrogens with zero attached hydrogens (tertiary/aromatic N) is 3. The lowest BCUT2D eigenvalue weighted by atomic mass is 9.93. The van der Waals surface area contributed by atoms with E-state index in [1.165, 1.54) is 43.2 Å². The Morgan fingerprint density at radius 3 is 2.70 bits per heavy atom. The second-order valence-corrected chi connectivity index (χ2v) is 6.51. The maximum absolute atomic E-state index is 9.42. The molecule has 0 amide bonds. The Bertz CT molecular complexity index is 576. The van der Waals surface area contributed by atoms with E-state index in [0.717, 1.165) is 19.6 Å². The summed E-state index contributed by atoms with van der Waals surface area (Å²) in [7, 11) is 0. The lowest BCUT2D eigenvalue weighted by Gasteiger charge is -2.34. The topological polar surface area (TPSA) is 41.3 Å². The van der Waals surface area contributed by atoms with E-state index >= 15 is 0 Å². The van der Waals surface area contributed by atoms with Crippen LogP contribution in [0.3, 0.4) is 0 Å². The van der Waals surface area contributed by atoms with Crippen LogP contribution in [0.2, 0.25) is 0 Å². The van der Waals surface area contributed by atoms with Gasteiger partial charge in [-0.2, -0.15) is 5.10 Å². The first-order valence-corrected chi connectivity index (χ1v) is 8.75. The van der Waals surface area contributed by atoms with Crippen LogP contribution in [0.1, 0.15) is 43.2 Å². The first-order valence-electron chi connectivity index (χ1n) is 8.75. The molecule has 0 aliphatic heterocycles. The van der Waals surface area contributed by atoms with E-state index in [9.17, 15) is 5.11 Å². The highest BCUT2D eigenvalue weighted by Gasteiger charge is 2.20. The molecule has 1 saturated carbocycles. The molecule has 3 rings (SSSR count). The maximum Gasteiger partial charge on any atom is 0.0659 e. The quantitative estimate of drug-likeness (QED) is 0.854. The monoisotopic (exact) mass is 313 g/mol. The van der Waals surface area contributed by atoms with Crippen LogP contribution >= 0.6 is 0 Å². The van der Waals surface area contributed by atoms with Gasteiger partial charge in [0.25, 0.3) is 0 Å². The van der Waals surface area contributed by atoms with Gasteiger partial charge in [-0.05, 0) is 30.0 Å². The highest BCUT2D eigenvalue weighted by molar-refractivity contribution is 5.23. The average molecular weight is 313 g/mol. The lowest BCUT2D eigenvalue weighted by Crippen LogP contribution is -2.38. The Morgan fingerprint density at radius 2 is 1.96 bits per heavy atom. The van der Waals surface area contributed by atoms with Crippen molar-refractivity contribution in [1.82, 2.24) is 14.7 Å². The van der Waals surface area contributed by atoms with Gasteiger partial charge >= 0.3 is 0 Å². The van der Waals surface area contributed by atoms with Crippen LogP contribution in [0, 0.1) is 0 Å². The zero-order valence-electron chi connectivity index (χ0n) is 13.8. The van der Waals surface area contributed by atoms with E-state index in [-0.39, 0.29) is 6.61 Å². The summed E-state index contributed by atoms with van der Waals surface area (Å²) < 4.78 is 1.95. The van der Waals surface area contributed by atoms with Crippen molar-refractivity contribution in [2.45, 2.75) is 51.2 Å². The van der Waals surface area contributed by atoms with Crippen molar-refractivity contribution in [3.8, 4) is 0 Å². The minimum Gasteiger partial charge on any atom is -0.395 e. The molecule has 1 fully saturated rings. The number of aliphatic hydroxyl groups excluding tert-OH is 1. The third-order valence-corrected chi connectivity index (χ3v) is 4.76. The molecular weight excluding hydrogens is 286 g/mol. The molecule has 0 atom stereocenters. The third kappa shape index (κ3) is 4.66. The molecule has 1 aliphatic carbocycles. The van der Waals surface area contributed by atoms with Crippen molar-refractivity contribution in [2.24, 2.45) is 0 Å². The number of aromatic nitrogens is 2. The molecule has 1 aromatic heterocycles. The fraction of sp³-hybridized carbons (Fsp3) is 0.526. The zero-order valence-corrected chi connectivity index (χ0v) is 13.8. The van der Waals surface area contributed by atoms with Gasteiger partial charge in [0.2, 0.25) is 0 Å². The SMILES string of the molecule is OCCN(Cc1cccc(Cn2cccn2)c1)C1CCCCC1. The Morgan fingerprint density at radius 1 is 1.13 bits per heavy atom. The van der Waals surface area contributed by atoms with Crippen molar-refractivity contribution in [1.29, 1.82) is 0 Å². The summed E-state index contributed by atoms with van der Waals surface area (Å²) in [5, 5.41) is 13.7. The van der Waals surface area contributed by atoms with Gasteiger partial charge in [0.05, 0.1) is 13.2 Å². The van der Waals surface area contributed by atoms with Crippen LogP contribution in [0.15, 0.2) is 42.7 Å². The van der Waals surface area contributed by atoms with Gasteiger partial charge in [0.1, 0.15) is 0 Å². The molecule has 0 radical (unpaired) electrons. The maximum atomic E-state index is 9.42. The van der Waals surface area contributed by atoms with E-state index in [2.05, 4.69) is 34.3 Å². The standard InChI is InChI=1S/C19H27N3O/c23-13-12-21(19-8-2-1-3-9-19)15-17-6-4-7-18(14-17)16-22-11-5-10-20-22/h4-7,10-11,14,19,23H,1-3,8-9,12-13,15-16H2. The Labute approximate surface area is 138 Å². The molecule has 4 heteroatoms. The zero-order chi connectivity index (χ0) is 15.9. The van der Waals surface area contributed by atoms with Crippen LogP contribution < -0.4 is 0 Å². The molecule has 4 nitrogen and oxygen atoms in total. The molecule has 0 unspecified atom stereocenters. The fourth-order valence-electron chi connectivity index (χ4n) is 3.61. The highest BCUT2D eigenvalue weighted by atomic mass is 16.3. The highest BCUT2D eigenvalue weighted by Crippen LogP contribution is 2.24. The summed E-state index contributed by atoms with van der Waals surface area (Å²) in [5.41, 5.74) is 2.60. The molecule has 1 aromatic carbocycles. The smallest absolute Gasteiger partial charge is 0.0659 e. The van der Waals surface area contributed by atoms with Gasteiger partial charge in [-0.1, -0.05) is 43.5 Å². The van der Waals surface area contributed by atoms with Crippen molar-refractivity contribution < 1.29 is 5.11 Å². The van der Waals surface area contributed by atoms with Gasteiger partial charge in [-0.3, -0.25) is 9.58 Å². The summed E-state index contributed by atoms with van der Waals surface area (Å²) in [6, 6.07) is 11.3. The van der Waals surface area contributed by atoms with Gasteiger partial charge in [0.15, 0.2) is 0 Å². The molecule has 1 N–H and O–H groups in total. The minimum absolute atomic E-state index is 0.240. The Balaban J connectivity index is 1.66. The van der Waals surface area contributed by atoms with Crippen molar-refractivity contribution >= 4 is 0 Å². The predicted molar refractivity (Wildman–Crippen MR) is 92.1 cm³/mol. The number of benzene rings is 1. The van der Waals surface area contributed by atoms with Crippen LogP contribution in [0.25, 0.3) is 0 Å². The normalized spacial score (nSPS) is 16.1. The summed E-state index contributed by atoms with van der Waals surface area (Å²) >= 11 is 0.